The number of carboxylic acid groups (broad SMARTS) is 1. The van der Waals surface area contributed by atoms with Crippen LogP contribution in [0.1, 0.15) is 50.5 Å². The third-order valence-electron chi connectivity index (χ3n) is 3.01. The van der Waals surface area contributed by atoms with Crippen LogP contribution >= 0.6 is 0 Å². The third kappa shape index (κ3) is 2.72. The van der Waals surface area contributed by atoms with Gasteiger partial charge in [-0.15, -0.1) is 0 Å². The Hall–Kier alpha value is -1.65. The Kier molecular flexibility index (Phi) is 2.77. The van der Waals surface area contributed by atoms with Crippen LogP contribution in [0.2, 0.25) is 0 Å². The molecule has 0 aliphatic heterocycles. The molecule has 0 unspecified atom stereocenters. The molecule has 0 spiro atoms. The minimum absolute atomic E-state index is 0.0342. The van der Waals surface area contributed by atoms with E-state index in [1.54, 1.807) is 13.8 Å². The maximum absolute atomic E-state index is 11.5. The summed E-state index contributed by atoms with van der Waals surface area (Å²) < 4.78 is 0. The highest BCUT2D eigenvalue weighted by Crippen LogP contribution is 2.38. The van der Waals surface area contributed by atoms with Crippen LogP contribution in [0.3, 0.4) is 0 Å². The first kappa shape index (κ1) is 11.8. The van der Waals surface area contributed by atoms with Crippen LogP contribution in [-0.2, 0) is 10.2 Å². The maximum atomic E-state index is 11.5. The number of hydrogen-bond acceptors (Lipinski definition) is 3. The highest BCUT2D eigenvalue weighted by atomic mass is 16.4. The van der Waals surface area contributed by atoms with Crippen LogP contribution < -0.4 is 5.56 Å². The highest BCUT2D eigenvalue weighted by Gasteiger charge is 2.30. The Balaban J connectivity index is 2.36. The van der Waals surface area contributed by atoms with Gasteiger partial charge in [0.15, 0.2) is 0 Å². The van der Waals surface area contributed by atoms with Gasteiger partial charge in [0.1, 0.15) is 5.82 Å². The van der Waals surface area contributed by atoms with Gasteiger partial charge in [0.2, 0.25) is 0 Å². The standard InChI is InChI=1S/C12H16N2O3/c1-12(2,6-10(16)17)8-5-9(15)14-11(13-8)7-3-4-7/h5,7H,3-4,6H2,1-2H3,(H,16,17)(H,13,14,15). The Morgan fingerprint density at radius 2 is 2.24 bits per heavy atom. The number of aromatic nitrogens is 2. The smallest absolute Gasteiger partial charge is 0.304 e. The molecule has 1 heterocycles. The molecule has 1 saturated carbocycles. The summed E-state index contributed by atoms with van der Waals surface area (Å²) in [6, 6.07) is 1.40. The predicted molar refractivity (Wildman–Crippen MR) is 62.1 cm³/mol. The van der Waals surface area contributed by atoms with Crippen LogP contribution in [0.4, 0.5) is 0 Å². The van der Waals surface area contributed by atoms with Gasteiger partial charge in [-0.1, -0.05) is 13.8 Å². The summed E-state index contributed by atoms with van der Waals surface area (Å²) in [5.74, 6) is 0.166. The third-order valence-corrected chi connectivity index (χ3v) is 3.01. The zero-order valence-corrected chi connectivity index (χ0v) is 9.99. The molecule has 1 fully saturated rings. The summed E-state index contributed by atoms with van der Waals surface area (Å²) in [4.78, 5) is 29.4. The minimum atomic E-state index is -0.884. The van der Waals surface area contributed by atoms with Crippen LogP contribution in [0.15, 0.2) is 10.9 Å². The summed E-state index contributed by atoms with van der Waals surface area (Å²) in [5.41, 5.74) is -0.259. The molecular formula is C12H16N2O3. The summed E-state index contributed by atoms with van der Waals surface area (Å²) >= 11 is 0. The fourth-order valence-corrected chi connectivity index (χ4v) is 1.84. The molecule has 5 heteroatoms. The number of carboxylic acids is 1. The van der Waals surface area contributed by atoms with Crippen molar-refractivity contribution in [1.29, 1.82) is 0 Å². The van der Waals surface area contributed by atoms with E-state index >= 15 is 0 Å². The van der Waals surface area contributed by atoms with Crippen LogP contribution in [0, 0.1) is 0 Å². The Morgan fingerprint density at radius 3 is 2.76 bits per heavy atom. The largest absolute Gasteiger partial charge is 0.481 e. The van der Waals surface area contributed by atoms with Gasteiger partial charge in [-0.3, -0.25) is 9.59 Å². The molecular weight excluding hydrogens is 220 g/mol. The fraction of sp³-hybridized carbons (Fsp3) is 0.583. The molecule has 0 radical (unpaired) electrons. The number of nitrogens with zero attached hydrogens (tertiary/aromatic N) is 1. The second kappa shape index (κ2) is 3.98. The first-order valence-corrected chi connectivity index (χ1v) is 5.72. The van der Waals surface area contributed by atoms with Crippen molar-refractivity contribution in [3.05, 3.63) is 27.9 Å². The van der Waals surface area contributed by atoms with Crippen molar-refractivity contribution in [1.82, 2.24) is 9.97 Å². The van der Waals surface area contributed by atoms with E-state index in [2.05, 4.69) is 9.97 Å². The summed E-state index contributed by atoms with van der Waals surface area (Å²) in [7, 11) is 0. The monoisotopic (exact) mass is 236 g/mol. The molecule has 0 atom stereocenters. The Labute approximate surface area is 98.9 Å². The lowest BCUT2D eigenvalue weighted by atomic mass is 9.85. The average molecular weight is 236 g/mol. The van der Waals surface area contributed by atoms with Gasteiger partial charge in [0, 0.05) is 17.4 Å². The van der Waals surface area contributed by atoms with E-state index in [1.165, 1.54) is 6.07 Å². The lowest BCUT2D eigenvalue weighted by molar-refractivity contribution is -0.138. The molecule has 0 aromatic carbocycles. The van der Waals surface area contributed by atoms with Crippen molar-refractivity contribution < 1.29 is 9.90 Å². The van der Waals surface area contributed by atoms with Crippen LogP contribution in [0.5, 0.6) is 0 Å². The van der Waals surface area contributed by atoms with Gasteiger partial charge < -0.3 is 10.1 Å². The van der Waals surface area contributed by atoms with Crippen molar-refractivity contribution in [2.75, 3.05) is 0 Å². The number of hydrogen-bond donors (Lipinski definition) is 2. The zero-order valence-electron chi connectivity index (χ0n) is 9.99. The lowest BCUT2D eigenvalue weighted by Crippen LogP contribution is -2.26. The van der Waals surface area contributed by atoms with Gasteiger partial charge in [0.05, 0.1) is 12.1 Å². The number of rotatable bonds is 4. The van der Waals surface area contributed by atoms with Crippen LogP contribution in [-0.4, -0.2) is 21.0 Å². The minimum Gasteiger partial charge on any atom is -0.481 e. The number of H-pyrrole nitrogens is 1. The second-order valence-corrected chi connectivity index (χ2v) is 5.24. The summed E-state index contributed by atoms with van der Waals surface area (Å²) in [6.07, 6.45) is 2.06. The van der Waals surface area contributed by atoms with Gasteiger partial charge in [0.25, 0.3) is 5.56 Å². The molecule has 0 saturated heterocycles. The van der Waals surface area contributed by atoms with Crippen molar-refractivity contribution in [2.24, 2.45) is 0 Å². The molecule has 5 nitrogen and oxygen atoms in total. The van der Waals surface area contributed by atoms with Crippen molar-refractivity contribution in [2.45, 2.75) is 44.4 Å². The number of aromatic amines is 1. The lowest BCUT2D eigenvalue weighted by Gasteiger charge is -2.21. The maximum Gasteiger partial charge on any atom is 0.304 e. The fourth-order valence-electron chi connectivity index (χ4n) is 1.84. The quantitative estimate of drug-likeness (QED) is 0.827. The highest BCUT2D eigenvalue weighted by molar-refractivity contribution is 5.68. The predicted octanol–water partition coefficient (Wildman–Crippen LogP) is 1.40. The topological polar surface area (TPSA) is 83.0 Å². The van der Waals surface area contributed by atoms with E-state index in [1.807, 2.05) is 0 Å². The van der Waals surface area contributed by atoms with Gasteiger partial charge in [-0.25, -0.2) is 4.98 Å². The van der Waals surface area contributed by atoms with E-state index in [4.69, 9.17) is 5.11 Å². The Morgan fingerprint density at radius 1 is 1.59 bits per heavy atom. The average Bonchev–Trinajstić information content (AvgIpc) is 2.97. The van der Waals surface area contributed by atoms with Gasteiger partial charge in [-0.05, 0) is 12.8 Å². The summed E-state index contributed by atoms with van der Waals surface area (Å²) in [5, 5.41) is 8.86. The number of aliphatic carboxylic acids is 1. The van der Waals surface area contributed by atoms with Crippen LogP contribution in [0.25, 0.3) is 0 Å². The molecule has 1 aromatic heterocycles. The van der Waals surface area contributed by atoms with E-state index in [9.17, 15) is 9.59 Å². The number of carbonyl (C=O) groups is 1. The van der Waals surface area contributed by atoms with E-state index in [0.29, 0.717) is 17.4 Å². The molecule has 0 amide bonds. The van der Waals surface area contributed by atoms with Gasteiger partial charge >= 0.3 is 5.97 Å². The van der Waals surface area contributed by atoms with E-state index in [-0.39, 0.29) is 12.0 Å². The van der Waals surface area contributed by atoms with E-state index in [0.717, 1.165) is 12.8 Å². The first-order valence-electron chi connectivity index (χ1n) is 5.72. The SMILES string of the molecule is CC(C)(CC(=O)O)c1cc(=O)[nH]c(C2CC2)n1. The van der Waals surface area contributed by atoms with E-state index < -0.39 is 11.4 Å². The molecule has 0 bridgehead atoms. The molecule has 1 aromatic rings. The number of nitrogens with one attached hydrogen (secondary N) is 1. The molecule has 92 valence electrons. The molecule has 1 aliphatic carbocycles. The van der Waals surface area contributed by atoms with Crippen molar-refractivity contribution >= 4 is 5.97 Å². The first-order chi connectivity index (χ1) is 7.88. The Bertz CT molecular complexity index is 501. The molecule has 2 rings (SSSR count). The molecule has 2 N–H and O–H groups in total. The summed E-state index contributed by atoms with van der Waals surface area (Å²) in [6.45, 7) is 3.58. The van der Waals surface area contributed by atoms with Gasteiger partial charge in [-0.2, -0.15) is 0 Å². The molecule has 1 aliphatic rings. The van der Waals surface area contributed by atoms with Crippen molar-refractivity contribution in [3.8, 4) is 0 Å². The molecule has 17 heavy (non-hydrogen) atoms. The zero-order chi connectivity index (χ0) is 12.6. The van der Waals surface area contributed by atoms with Crippen molar-refractivity contribution in [3.63, 3.8) is 0 Å². The normalized spacial score (nSPS) is 15.9. The second-order valence-electron chi connectivity index (χ2n) is 5.24.